The summed E-state index contributed by atoms with van der Waals surface area (Å²) in [5, 5.41) is 44.4. The number of aromatic nitrogens is 4. The summed E-state index contributed by atoms with van der Waals surface area (Å²) in [4.78, 5) is 8.86. The van der Waals surface area contributed by atoms with Gasteiger partial charge in [0.2, 0.25) is 5.82 Å². The van der Waals surface area contributed by atoms with E-state index in [2.05, 4.69) is 25.9 Å². The van der Waals surface area contributed by atoms with E-state index in [9.17, 15) is 23.6 Å². The van der Waals surface area contributed by atoms with E-state index in [-0.39, 0.29) is 11.4 Å². The molecular formula is C10H7N7O6S. The highest BCUT2D eigenvalue weighted by atomic mass is 32.2. The Morgan fingerprint density at radius 3 is 2.71 bits per heavy atom. The Hall–Kier alpha value is -3.57. The Morgan fingerprint density at radius 2 is 2.21 bits per heavy atom. The van der Waals surface area contributed by atoms with Crippen LogP contribution in [0.15, 0.2) is 23.2 Å². The van der Waals surface area contributed by atoms with Crippen molar-refractivity contribution in [3.63, 3.8) is 0 Å². The van der Waals surface area contributed by atoms with E-state index < -0.39 is 37.1 Å². The van der Waals surface area contributed by atoms with Crippen LogP contribution in [-0.4, -0.2) is 43.6 Å². The molecule has 1 aromatic heterocycles. The van der Waals surface area contributed by atoms with Crippen LogP contribution >= 0.6 is 0 Å². The number of tetrazole rings is 1. The molecule has 2 rings (SSSR count). The molecule has 0 unspecified atom stereocenters. The Bertz CT molecular complexity index is 960. The number of nitriles is 1. The first-order valence-electron chi connectivity index (χ1n) is 5.83. The van der Waals surface area contributed by atoms with Gasteiger partial charge in [0.1, 0.15) is 16.5 Å². The predicted molar refractivity (Wildman–Crippen MR) is 76.0 cm³/mol. The number of aromatic amines is 1. The average molecular weight is 353 g/mol. The second kappa shape index (κ2) is 6.28. The number of phenolic OH excluding ortho intramolecular Hbond substituents is 1. The first-order chi connectivity index (χ1) is 11.2. The number of benzene rings is 1. The number of hydrogen-bond acceptors (Lipinski definition) is 10. The second-order valence-corrected chi connectivity index (χ2v) is 5.51. The van der Waals surface area contributed by atoms with Gasteiger partial charge in [-0.15, -0.1) is 10.2 Å². The molecule has 0 aliphatic heterocycles. The van der Waals surface area contributed by atoms with Gasteiger partial charge >= 0.3 is 0 Å². The molecular weight excluding hydrogens is 346 g/mol. The molecule has 124 valence electrons. The molecule has 0 amide bonds. The summed E-state index contributed by atoms with van der Waals surface area (Å²) in [6.07, 6.45) is 0.970. The number of aromatic hydroxyl groups is 1. The van der Waals surface area contributed by atoms with Crippen molar-refractivity contribution in [3.05, 3.63) is 34.3 Å². The number of H-pyrrole nitrogens is 1. The molecule has 1 heterocycles. The van der Waals surface area contributed by atoms with Gasteiger partial charge in [0, 0.05) is 18.3 Å². The fourth-order valence-electron chi connectivity index (χ4n) is 1.58. The van der Waals surface area contributed by atoms with E-state index in [1.165, 1.54) is 0 Å². The van der Waals surface area contributed by atoms with Crippen molar-refractivity contribution >= 4 is 27.1 Å². The third-order valence-electron chi connectivity index (χ3n) is 2.63. The molecule has 0 fully saturated rings. The third kappa shape index (κ3) is 3.43. The number of allylic oxidation sites excluding steroid dienone is 1. The van der Waals surface area contributed by atoms with E-state index in [0.29, 0.717) is 6.07 Å². The van der Waals surface area contributed by atoms with Crippen molar-refractivity contribution in [3.8, 4) is 11.8 Å². The van der Waals surface area contributed by atoms with E-state index in [0.717, 1.165) is 12.3 Å². The standard InChI is InChI=1S/C10H7N7O6S/c11-3-5(10-13-15-16-14-10)4-12-7-1-6(17(19)20)2-8(9(7)18)24(21,22)23/h1-2,4,12,18H,(H,21,22,23)(H,13,14,15,16). The van der Waals surface area contributed by atoms with Gasteiger partial charge in [0.25, 0.3) is 15.8 Å². The number of nitrogens with one attached hydrogen (secondary N) is 2. The second-order valence-electron chi connectivity index (χ2n) is 4.12. The molecule has 0 spiro atoms. The van der Waals surface area contributed by atoms with E-state index in [1.807, 2.05) is 0 Å². The molecule has 0 saturated heterocycles. The first kappa shape index (κ1) is 16.8. The maximum absolute atomic E-state index is 11.2. The van der Waals surface area contributed by atoms with Crippen LogP contribution < -0.4 is 5.32 Å². The molecule has 0 saturated carbocycles. The minimum atomic E-state index is -4.92. The van der Waals surface area contributed by atoms with Crippen molar-refractivity contribution in [1.82, 2.24) is 20.6 Å². The highest BCUT2D eigenvalue weighted by molar-refractivity contribution is 7.86. The van der Waals surface area contributed by atoms with Gasteiger partial charge in [-0.25, -0.2) is 0 Å². The number of nitrogens with zero attached hydrogens (tertiary/aromatic N) is 5. The summed E-state index contributed by atoms with van der Waals surface area (Å²) in [6, 6.07) is 3.01. The summed E-state index contributed by atoms with van der Waals surface area (Å²) in [5.41, 5.74) is -1.31. The van der Waals surface area contributed by atoms with E-state index in [4.69, 9.17) is 9.81 Å². The minimum Gasteiger partial charge on any atom is -0.504 e. The van der Waals surface area contributed by atoms with E-state index in [1.54, 1.807) is 6.07 Å². The number of nitro groups is 1. The van der Waals surface area contributed by atoms with Crippen LogP contribution in [0.3, 0.4) is 0 Å². The molecule has 0 aliphatic rings. The Morgan fingerprint density at radius 1 is 1.50 bits per heavy atom. The summed E-state index contributed by atoms with van der Waals surface area (Å²) in [6.45, 7) is 0. The zero-order valence-electron chi connectivity index (χ0n) is 11.4. The molecule has 14 heteroatoms. The van der Waals surface area contributed by atoms with Crippen molar-refractivity contribution in [2.24, 2.45) is 0 Å². The zero-order valence-corrected chi connectivity index (χ0v) is 12.2. The lowest BCUT2D eigenvalue weighted by atomic mass is 10.2. The Kier molecular flexibility index (Phi) is 4.39. The molecule has 0 aliphatic carbocycles. The lowest BCUT2D eigenvalue weighted by molar-refractivity contribution is -0.385. The van der Waals surface area contributed by atoms with Gasteiger partial charge in [0.15, 0.2) is 5.75 Å². The van der Waals surface area contributed by atoms with Crippen LogP contribution in [0, 0.1) is 21.4 Å². The largest absolute Gasteiger partial charge is 0.504 e. The van der Waals surface area contributed by atoms with Crippen LogP contribution in [0.5, 0.6) is 5.75 Å². The van der Waals surface area contributed by atoms with Gasteiger partial charge in [-0.3, -0.25) is 14.7 Å². The number of hydrogen-bond donors (Lipinski definition) is 4. The minimum absolute atomic E-state index is 0.107. The van der Waals surface area contributed by atoms with E-state index >= 15 is 0 Å². The summed E-state index contributed by atoms with van der Waals surface area (Å²) >= 11 is 0. The molecule has 24 heavy (non-hydrogen) atoms. The van der Waals surface area contributed by atoms with Crippen LogP contribution in [0.25, 0.3) is 5.57 Å². The SMILES string of the molecule is N#CC(=CNc1cc([N+](=O)[O-])cc(S(=O)(=O)O)c1O)c1nn[nH]n1. The number of anilines is 1. The van der Waals surface area contributed by atoms with Crippen molar-refractivity contribution in [2.45, 2.75) is 4.90 Å². The zero-order chi connectivity index (χ0) is 17.9. The topological polar surface area (TPSA) is 208 Å². The van der Waals surface area contributed by atoms with Crippen molar-refractivity contribution < 1.29 is 23.0 Å². The number of phenols is 1. The molecule has 13 nitrogen and oxygen atoms in total. The monoisotopic (exact) mass is 353 g/mol. The summed E-state index contributed by atoms with van der Waals surface area (Å²) in [5.74, 6) is -1.07. The Labute approximate surface area is 133 Å². The molecule has 1 aromatic carbocycles. The molecule has 4 N–H and O–H groups in total. The van der Waals surface area contributed by atoms with Crippen LogP contribution in [0.4, 0.5) is 11.4 Å². The first-order valence-corrected chi connectivity index (χ1v) is 7.27. The van der Waals surface area contributed by atoms with Gasteiger partial charge in [0.05, 0.1) is 10.6 Å². The smallest absolute Gasteiger partial charge is 0.298 e. The fraction of sp³-hybridized carbons (Fsp3) is 0. The van der Waals surface area contributed by atoms with Crippen molar-refractivity contribution in [1.29, 1.82) is 5.26 Å². The molecule has 2 aromatic rings. The van der Waals surface area contributed by atoms with Gasteiger partial charge < -0.3 is 10.4 Å². The highest BCUT2D eigenvalue weighted by Crippen LogP contribution is 2.35. The molecule has 0 atom stereocenters. The number of non-ortho nitro benzene ring substituents is 1. The van der Waals surface area contributed by atoms with Gasteiger partial charge in [-0.2, -0.15) is 18.9 Å². The lowest BCUT2D eigenvalue weighted by Gasteiger charge is -2.08. The van der Waals surface area contributed by atoms with Gasteiger partial charge in [-0.1, -0.05) is 0 Å². The summed E-state index contributed by atoms with van der Waals surface area (Å²) < 4.78 is 31.4. The maximum atomic E-state index is 11.2. The normalized spacial score (nSPS) is 11.8. The molecule has 0 radical (unpaired) electrons. The van der Waals surface area contributed by atoms with Crippen LogP contribution in [0.2, 0.25) is 0 Å². The Balaban J connectivity index is 2.52. The predicted octanol–water partition coefficient (Wildman–Crippen LogP) is 0.0368. The molecule has 0 bridgehead atoms. The van der Waals surface area contributed by atoms with Crippen LogP contribution in [0.1, 0.15) is 5.82 Å². The average Bonchev–Trinajstić information content (AvgIpc) is 3.02. The number of nitro benzene ring substituents is 1. The summed E-state index contributed by atoms with van der Waals surface area (Å²) in [7, 11) is -4.92. The van der Waals surface area contributed by atoms with Gasteiger partial charge in [-0.05, 0) is 5.21 Å². The maximum Gasteiger partial charge on any atom is 0.298 e. The quantitative estimate of drug-likeness (QED) is 0.185. The van der Waals surface area contributed by atoms with Crippen molar-refractivity contribution in [2.75, 3.05) is 5.32 Å². The van der Waals surface area contributed by atoms with Crippen LogP contribution in [-0.2, 0) is 10.1 Å². The highest BCUT2D eigenvalue weighted by Gasteiger charge is 2.24. The lowest BCUT2D eigenvalue weighted by Crippen LogP contribution is -2.03. The fourth-order valence-corrected chi connectivity index (χ4v) is 2.20. The number of rotatable bonds is 5. The third-order valence-corrected chi connectivity index (χ3v) is 3.49.